The molecule has 0 aliphatic carbocycles. The number of hydrogen-bond donors (Lipinski definition) is 0. The Labute approximate surface area is 137 Å². The van der Waals surface area contributed by atoms with E-state index in [1.54, 1.807) is 21.5 Å². The number of piperidine rings is 1. The zero-order chi connectivity index (χ0) is 16.4. The second-order valence-electron chi connectivity index (χ2n) is 6.33. The van der Waals surface area contributed by atoms with Gasteiger partial charge in [0.15, 0.2) is 0 Å². The zero-order valence-corrected chi connectivity index (χ0v) is 14.3. The van der Waals surface area contributed by atoms with Crippen LogP contribution in [0.5, 0.6) is 0 Å². The summed E-state index contributed by atoms with van der Waals surface area (Å²) in [5.74, 6) is 0.928. The molecular formula is C16H24N2O4S. The van der Waals surface area contributed by atoms with Gasteiger partial charge < -0.3 is 9.32 Å². The zero-order valence-electron chi connectivity index (χ0n) is 13.5. The van der Waals surface area contributed by atoms with Gasteiger partial charge in [-0.05, 0) is 31.7 Å². The summed E-state index contributed by atoms with van der Waals surface area (Å²) in [6.07, 6.45) is 5.58. The van der Waals surface area contributed by atoms with Crippen LogP contribution in [0, 0.1) is 0 Å². The Morgan fingerprint density at radius 2 is 2.17 bits per heavy atom. The molecule has 0 aromatic carbocycles. The van der Waals surface area contributed by atoms with Gasteiger partial charge in [0.1, 0.15) is 5.76 Å². The Hall–Kier alpha value is -1.34. The van der Waals surface area contributed by atoms with Gasteiger partial charge in [0.25, 0.3) is 5.91 Å². The maximum atomic E-state index is 12.8. The number of amides is 1. The Morgan fingerprint density at radius 3 is 2.87 bits per heavy atom. The van der Waals surface area contributed by atoms with Crippen molar-refractivity contribution in [3.8, 4) is 0 Å². The minimum Gasteiger partial charge on any atom is -0.469 e. The average Bonchev–Trinajstić information content (AvgIpc) is 3.13. The molecule has 23 heavy (non-hydrogen) atoms. The minimum atomic E-state index is -3.13. The van der Waals surface area contributed by atoms with Crippen LogP contribution in [-0.4, -0.2) is 55.0 Å². The standard InChI is InChI=1S/C16H24N2O4S/c1-2-5-15-14(7-10-22-15)16(19)17-8-3-6-13(12-17)18-9-4-11-23(18,20)21/h7,10,13H,2-6,8-9,11-12H2,1H3. The molecule has 1 unspecified atom stereocenters. The highest BCUT2D eigenvalue weighted by Gasteiger charge is 2.37. The van der Waals surface area contributed by atoms with Gasteiger partial charge in [0.2, 0.25) is 10.0 Å². The van der Waals surface area contributed by atoms with Gasteiger partial charge in [-0.2, -0.15) is 4.31 Å². The summed E-state index contributed by atoms with van der Waals surface area (Å²) < 4.78 is 31.3. The number of furan rings is 1. The third-order valence-corrected chi connectivity index (χ3v) is 6.68. The largest absolute Gasteiger partial charge is 0.469 e. The Balaban J connectivity index is 1.73. The van der Waals surface area contributed by atoms with Crippen molar-refractivity contribution in [1.29, 1.82) is 0 Å². The molecule has 2 aliphatic rings. The van der Waals surface area contributed by atoms with Crippen LogP contribution in [0.25, 0.3) is 0 Å². The van der Waals surface area contributed by atoms with Crippen molar-refractivity contribution >= 4 is 15.9 Å². The number of sulfonamides is 1. The molecule has 0 bridgehead atoms. The fourth-order valence-electron chi connectivity index (χ4n) is 3.57. The van der Waals surface area contributed by atoms with E-state index in [-0.39, 0.29) is 17.7 Å². The van der Waals surface area contributed by atoms with Crippen molar-refractivity contribution < 1.29 is 17.6 Å². The molecule has 0 N–H and O–H groups in total. The Bertz CT molecular complexity index is 667. The molecule has 1 aromatic rings. The molecule has 1 atom stereocenters. The molecule has 3 heterocycles. The van der Waals surface area contributed by atoms with E-state index in [1.807, 2.05) is 6.92 Å². The highest BCUT2D eigenvalue weighted by atomic mass is 32.2. The lowest BCUT2D eigenvalue weighted by molar-refractivity contribution is 0.0656. The summed E-state index contributed by atoms with van der Waals surface area (Å²) in [7, 11) is -3.13. The van der Waals surface area contributed by atoms with Crippen LogP contribution in [0.2, 0.25) is 0 Å². The molecule has 2 aliphatic heterocycles. The van der Waals surface area contributed by atoms with Crippen molar-refractivity contribution in [2.45, 2.75) is 45.1 Å². The number of hydrogen-bond acceptors (Lipinski definition) is 4. The number of nitrogens with zero attached hydrogens (tertiary/aromatic N) is 2. The monoisotopic (exact) mass is 340 g/mol. The van der Waals surface area contributed by atoms with Gasteiger partial charge in [0, 0.05) is 32.1 Å². The van der Waals surface area contributed by atoms with Crippen LogP contribution in [-0.2, 0) is 16.4 Å². The number of likely N-dealkylation sites (tertiary alicyclic amines) is 1. The van der Waals surface area contributed by atoms with Gasteiger partial charge in [-0.1, -0.05) is 6.92 Å². The third-order valence-electron chi connectivity index (χ3n) is 4.68. The van der Waals surface area contributed by atoms with Gasteiger partial charge >= 0.3 is 0 Å². The average molecular weight is 340 g/mol. The topological polar surface area (TPSA) is 70.8 Å². The van der Waals surface area contributed by atoms with Crippen LogP contribution in [0.3, 0.4) is 0 Å². The molecule has 6 nitrogen and oxygen atoms in total. The molecule has 1 aromatic heterocycles. The molecule has 2 saturated heterocycles. The van der Waals surface area contributed by atoms with E-state index in [4.69, 9.17) is 4.42 Å². The maximum Gasteiger partial charge on any atom is 0.257 e. The molecule has 3 rings (SSSR count). The Morgan fingerprint density at radius 1 is 1.35 bits per heavy atom. The first-order valence-corrected chi connectivity index (χ1v) is 9.99. The van der Waals surface area contributed by atoms with Gasteiger partial charge in [-0.25, -0.2) is 8.42 Å². The van der Waals surface area contributed by atoms with Crippen molar-refractivity contribution in [2.75, 3.05) is 25.4 Å². The van der Waals surface area contributed by atoms with Crippen LogP contribution >= 0.6 is 0 Å². The molecule has 128 valence electrons. The second-order valence-corrected chi connectivity index (χ2v) is 8.38. The fourth-order valence-corrected chi connectivity index (χ4v) is 5.33. The first-order valence-electron chi connectivity index (χ1n) is 8.38. The van der Waals surface area contributed by atoms with Crippen LogP contribution < -0.4 is 0 Å². The minimum absolute atomic E-state index is 0.0384. The summed E-state index contributed by atoms with van der Waals surface area (Å²) >= 11 is 0. The van der Waals surface area contributed by atoms with Gasteiger partial charge in [-0.3, -0.25) is 4.79 Å². The molecule has 7 heteroatoms. The van der Waals surface area contributed by atoms with Crippen LogP contribution in [0.4, 0.5) is 0 Å². The molecule has 2 fully saturated rings. The smallest absolute Gasteiger partial charge is 0.257 e. The van der Waals surface area contributed by atoms with Crippen molar-refractivity contribution in [3.05, 3.63) is 23.7 Å². The predicted molar refractivity (Wildman–Crippen MR) is 86.7 cm³/mol. The fraction of sp³-hybridized carbons (Fsp3) is 0.688. The number of carbonyl (C=O) groups is 1. The van der Waals surface area contributed by atoms with E-state index in [0.717, 1.165) is 31.4 Å². The molecule has 0 saturated carbocycles. The molecule has 0 radical (unpaired) electrons. The normalized spacial score (nSPS) is 24.9. The highest BCUT2D eigenvalue weighted by molar-refractivity contribution is 7.89. The lowest BCUT2D eigenvalue weighted by Gasteiger charge is -2.36. The van der Waals surface area contributed by atoms with E-state index in [0.29, 0.717) is 31.6 Å². The first-order chi connectivity index (χ1) is 11.0. The SMILES string of the molecule is CCCc1occc1C(=O)N1CCCC(N2CCCS2(=O)=O)C1. The lowest BCUT2D eigenvalue weighted by Crippen LogP contribution is -2.50. The maximum absolute atomic E-state index is 12.8. The summed E-state index contributed by atoms with van der Waals surface area (Å²) in [5, 5.41) is 0. The predicted octanol–water partition coefficient (Wildman–Crippen LogP) is 1.87. The van der Waals surface area contributed by atoms with Crippen molar-refractivity contribution in [1.82, 2.24) is 9.21 Å². The second kappa shape index (κ2) is 6.65. The highest BCUT2D eigenvalue weighted by Crippen LogP contribution is 2.25. The number of aryl methyl sites for hydroxylation is 1. The third kappa shape index (κ3) is 3.30. The molecule has 1 amide bonds. The van der Waals surface area contributed by atoms with Crippen LogP contribution in [0.1, 0.15) is 48.7 Å². The van der Waals surface area contributed by atoms with Gasteiger partial charge in [-0.15, -0.1) is 0 Å². The van der Waals surface area contributed by atoms with Crippen molar-refractivity contribution in [3.63, 3.8) is 0 Å². The molecule has 0 spiro atoms. The Kier molecular flexibility index (Phi) is 4.77. The summed E-state index contributed by atoms with van der Waals surface area (Å²) in [5.41, 5.74) is 0.622. The first kappa shape index (κ1) is 16.5. The number of rotatable bonds is 4. The van der Waals surface area contributed by atoms with Crippen LogP contribution in [0.15, 0.2) is 16.7 Å². The van der Waals surface area contributed by atoms with E-state index >= 15 is 0 Å². The summed E-state index contributed by atoms with van der Waals surface area (Å²) in [6.45, 7) is 3.79. The van der Waals surface area contributed by atoms with E-state index in [2.05, 4.69) is 0 Å². The lowest BCUT2D eigenvalue weighted by atomic mass is 10.0. The summed E-state index contributed by atoms with van der Waals surface area (Å²) in [4.78, 5) is 14.6. The van der Waals surface area contributed by atoms with Crippen molar-refractivity contribution in [2.24, 2.45) is 0 Å². The summed E-state index contributed by atoms with van der Waals surface area (Å²) in [6, 6.07) is 1.64. The van der Waals surface area contributed by atoms with E-state index < -0.39 is 10.0 Å². The quantitative estimate of drug-likeness (QED) is 0.839. The molecular weight excluding hydrogens is 316 g/mol. The van der Waals surface area contributed by atoms with Gasteiger partial charge in [0.05, 0.1) is 17.6 Å². The van der Waals surface area contributed by atoms with E-state index in [1.165, 1.54) is 0 Å². The number of carbonyl (C=O) groups excluding carboxylic acids is 1. The van der Waals surface area contributed by atoms with E-state index in [9.17, 15) is 13.2 Å².